The molecule has 3 nitrogen and oxygen atoms in total. The fourth-order valence-corrected chi connectivity index (χ4v) is 1.82. The van der Waals surface area contributed by atoms with Gasteiger partial charge in [-0.05, 0) is 46.1 Å². The van der Waals surface area contributed by atoms with E-state index in [2.05, 4.69) is 10.2 Å². The van der Waals surface area contributed by atoms with Crippen LogP contribution >= 0.6 is 0 Å². The lowest BCUT2D eigenvalue weighted by Gasteiger charge is -2.16. The number of carbonyl (C=O) groups is 1. The van der Waals surface area contributed by atoms with Gasteiger partial charge < -0.3 is 5.32 Å². The second-order valence-corrected chi connectivity index (χ2v) is 4.43. The SMILES string of the molecule is CNCCCN(C)CC(=O)c1ccccc1C. The van der Waals surface area contributed by atoms with Gasteiger partial charge in [0.1, 0.15) is 0 Å². The Labute approximate surface area is 104 Å². The van der Waals surface area contributed by atoms with Gasteiger partial charge in [-0.15, -0.1) is 0 Å². The van der Waals surface area contributed by atoms with Crippen molar-refractivity contribution in [3.63, 3.8) is 0 Å². The van der Waals surface area contributed by atoms with Crippen molar-refractivity contribution in [2.45, 2.75) is 13.3 Å². The minimum Gasteiger partial charge on any atom is -0.320 e. The minimum atomic E-state index is 0.204. The van der Waals surface area contributed by atoms with Crippen molar-refractivity contribution in [1.82, 2.24) is 10.2 Å². The van der Waals surface area contributed by atoms with E-state index in [9.17, 15) is 4.79 Å². The third-order valence-corrected chi connectivity index (χ3v) is 2.83. The number of aryl methyl sites for hydroxylation is 1. The highest BCUT2D eigenvalue weighted by atomic mass is 16.1. The Hall–Kier alpha value is -1.19. The molecule has 1 rings (SSSR count). The molecule has 0 radical (unpaired) electrons. The van der Waals surface area contributed by atoms with Crippen LogP contribution < -0.4 is 5.32 Å². The molecule has 0 amide bonds. The van der Waals surface area contributed by atoms with Crippen LogP contribution in [0.3, 0.4) is 0 Å². The molecule has 17 heavy (non-hydrogen) atoms. The average Bonchev–Trinajstić information content (AvgIpc) is 2.29. The molecule has 0 aliphatic heterocycles. The summed E-state index contributed by atoms with van der Waals surface area (Å²) in [6.45, 7) is 4.41. The summed E-state index contributed by atoms with van der Waals surface area (Å²) in [4.78, 5) is 14.1. The molecule has 94 valence electrons. The molecule has 0 saturated heterocycles. The van der Waals surface area contributed by atoms with Crippen molar-refractivity contribution < 1.29 is 4.79 Å². The molecule has 0 aliphatic carbocycles. The Morgan fingerprint density at radius 3 is 2.71 bits per heavy atom. The summed E-state index contributed by atoms with van der Waals surface area (Å²) in [6.07, 6.45) is 1.06. The standard InChI is InChI=1S/C14H22N2O/c1-12-7-4-5-8-13(12)14(17)11-16(3)10-6-9-15-2/h4-5,7-8,15H,6,9-11H2,1-3H3. The number of nitrogens with zero attached hydrogens (tertiary/aromatic N) is 1. The van der Waals surface area contributed by atoms with E-state index in [-0.39, 0.29) is 5.78 Å². The highest BCUT2D eigenvalue weighted by Crippen LogP contribution is 2.08. The van der Waals surface area contributed by atoms with E-state index in [0.717, 1.165) is 30.6 Å². The van der Waals surface area contributed by atoms with E-state index in [0.29, 0.717) is 6.54 Å². The Bertz CT molecular complexity index is 363. The minimum absolute atomic E-state index is 0.204. The van der Waals surface area contributed by atoms with Crippen LogP contribution in [0.15, 0.2) is 24.3 Å². The first-order valence-corrected chi connectivity index (χ1v) is 6.07. The first-order chi connectivity index (χ1) is 8.15. The maximum Gasteiger partial charge on any atom is 0.177 e. The zero-order chi connectivity index (χ0) is 12.7. The summed E-state index contributed by atoms with van der Waals surface area (Å²) in [5, 5.41) is 3.11. The van der Waals surface area contributed by atoms with Crippen molar-refractivity contribution in [2.75, 3.05) is 33.7 Å². The van der Waals surface area contributed by atoms with Gasteiger partial charge in [-0.2, -0.15) is 0 Å². The van der Waals surface area contributed by atoms with E-state index in [1.165, 1.54) is 0 Å². The third kappa shape index (κ3) is 4.67. The number of rotatable bonds is 7. The van der Waals surface area contributed by atoms with Crippen LogP contribution in [0.25, 0.3) is 0 Å². The smallest absolute Gasteiger partial charge is 0.177 e. The second-order valence-electron chi connectivity index (χ2n) is 4.43. The number of carbonyl (C=O) groups excluding carboxylic acids is 1. The van der Waals surface area contributed by atoms with Crippen LogP contribution in [0, 0.1) is 6.92 Å². The van der Waals surface area contributed by atoms with Gasteiger partial charge in [0.05, 0.1) is 6.54 Å². The number of ketones is 1. The van der Waals surface area contributed by atoms with Gasteiger partial charge in [0.25, 0.3) is 0 Å². The van der Waals surface area contributed by atoms with Crippen molar-refractivity contribution in [1.29, 1.82) is 0 Å². The van der Waals surface area contributed by atoms with E-state index >= 15 is 0 Å². The Kier molecular flexibility index (Phi) is 5.87. The summed E-state index contributed by atoms with van der Waals surface area (Å²) in [5.41, 5.74) is 1.90. The van der Waals surface area contributed by atoms with Crippen LogP contribution in [0.1, 0.15) is 22.3 Å². The van der Waals surface area contributed by atoms with Crippen molar-refractivity contribution in [2.24, 2.45) is 0 Å². The summed E-state index contributed by atoms with van der Waals surface area (Å²) >= 11 is 0. The molecule has 1 N–H and O–H groups in total. The highest BCUT2D eigenvalue weighted by molar-refractivity contribution is 5.98. The second kappa shape index (κ2) is 7.20. The quantitative estimate of drug-likeness (QED) is 0.576. The van der Waals surface area contributed by atoms with E-state index in [1.54, 1.807) is 0 Å². The van der Waals surface area contributed by atoms with Crippen LogP contribution in [-0.4, -0.2) is 44.4 Å². The molecule has 0 saturated carbocycles. The maximum atomic E-state index is 12.1. The van der Waals surface area contributed by atoms with Crippen molar-refractivity contribution in [3.8, 4) is 0 Å². The molecule has 0 heterocycles. The molecular formula is C14H22N2O. The number of benzene rings is 1. The fraction of sp³-hybridized carbons (Fsp3) is 0.500. The summed E-state index contributed by atoms with van der Waals surface area (Å²) in [6, 6.07) is 7.76. The Morgan fingerprint density at radius 2 is 2.06 bits per heavy atom. The van der Waals surface area contributed by atoms with E-state index < -0.39 is 0 Å². The lowest BCUT2D eigenvalue weighted by molar-refractivity contribution is 0.0945. The zero-order valence-electron chi connectivity index (χ0n) is 11.0. The summed E-state index contributed by atoms with van der Waals surface area (Å²) < 4.78 is 0. The summed E-state index contributed by atoms with van der Waals surface area (Å²) in [5.74, 6) is 0.204. The third-order valence-electron chi connectivity index (χ3n) is 2.83. The average molecular weight is 234 g/mol. The molecule has 0 aliphatic rings. The molecule has 0 atom stereocenters. The van der Waals surface area contributed by atoms with Gasteiger partial charge in [0.15, 0.2) is 5.78 Å². The summed E-state index contributed by atoms with van der Waals surface area (Å²) in [7, 11) is 3.93. The van der Waals surface area contributed by atoms with Crippen LogP contribution in [0.4, 0.5) is 0 Å². The molecule has 0 spiro atoms. The van der Waals surface area contributed by atoms with Crippen LogP contribution in [0.5, 0.6) is 0 Å². The molecule has 0 bridgehead atoms. The van der Waals surface area contributed by atoms with Gasteiger partial charge in [0, 0.05) is 5.56 Å². The molecule has 1 aromatic rings. The number of nitrogens with one attached hydrogen (secondary N) is 1. The van der Waals surface area contributed by atoms with Crippen molar-refractivity contribution >= 4 is 5.78 Å². The molecule has 3 heteroatoms. The monoisotopic (exact) mass is 234 g/mol. The normalized spacial score (nSPS) is 10.8. The first-order valence-electron chi connectivity index (χ1n) is 6.07. The molecular weight excluding hydrogens is 212 g/mol. The first kappa shape index (κ1) is 13.9. The number of likely N-dealkylation sites (N-methyl/N-ethyl adjacent to an activating group) is 1. The molecule has 0 fully saturated rings. The van der Waals surface area contributed by atoms with Gasteiger partial charge in [0.2, 0.25) is 0 Å². The molecule has 0 aromatic heterocycles. The van der Waals surface area contributed by atoms with Crippen LogP contribution in [0.2, 0.25) is 0 Å². The maximum absolute atomic E-state index is 12.1. The predicted molar refractivity (Wildman–Crippen MR) is 71.6 cm³/mol. The van der Waals surface area contributed by atoms with Gasteiger partial charge in [-0.1, -0.05) is 24.3 Å². The number of Topliss-reactive ketones (excluding diaryl/α,β-unsaturated/α-hetero) is 1. The topological polar surface area (TPSA) is 32.3 Å². The van der Waals surface area contributed by atoms with Gasteiger partial charge in [-0.3, -0.25) is 9.69 Å². The van der Waals surface area contributed by atoms with E-state index in [4.69, 9.17) is 0 Å². The fourth-order valence-electron chi connectivity index (χ4n) is 1.82. The molecule has 1 aromatic carbocycles. The zero-order valence-corrected chi connectivity index (χ0v) is 11.0. The van der Waals surface area contributed by atoms with Crippen LogP contribution in [-0.2, 0) is 0 Å². The largest absolute Gasteiger partial charge is 0.320 e. The lowest BCUT2D eigenvalue weighted by Crippen LogP contribution is -2.28. The highest BCUT2D eigenvalue weighted by Gasteiger charge is 2.10. The Morgan fingerprint density at radius 1 is 1.35 bits per heavy atom. The number of hydrogen-bond donors (Lipinski definition) is 1. The van der Waals surface area contributed by atoms with Gasteiger partial charge >= 0.3 is 0 Å². The van der Waals surface area contributed by atoms with Crippen molar-refractivity contribution in [3.05, 3.63) is 35.4 Å². The van der Waals surface area contributed by atoms with Gasteiger partial charge in [-0.25, -0.2) is 0 Å². The lowest BCUT2D eigenvalue weighted by atomic mass is 10.0. The predicted octanol–water partition coefficient (Wildman–Crippen LogP) is 1.72. The Balaban J connectivity index is 2.46. The van der Waals surface area contributed by atoms with E-state index in [1.807, 2.05) is 45.3 Å². The number of hydrogen-bond acceptors (Lipinski definition) is 3. The molecule has 0 unspecified atom stereocenters.